The SMILES string of the molecule is COc1ccc(Cc2ncc(Br)c(=O)[nH]2)cn1. The summed E-state index contributed by atoms with van der Waals surface area (Å²) < 4.78 is 5.39. The Hall–Kier alpha value is -1.69. The molecule has 0 aromatic carbocycles. The van der Waals surface area contributed by atoms with E-state index in [0.29, 0.717) is 22.6 Å². The van der Waals surface area contributed by atoms with Crippen LogP contribution >= 0.6 is 15.9 Å². The van der Waals surface area contributed by atoms with Crippen LogP contribution in [0.2, 0.25) is 0 Å². The lowest BCUT2D eigenvalue weighted by Crippen LogP contribution is -2.11. The van der Waals surface area contributed by atoms with Gasteiger partial charge < -0.3 is 9.72 Å². The number of hydrogen-bond donors (Lipinski definition) is 1. The van der Waals surface area contributed by atoms with E-state index in [-0.39, 0.29) is 5.56 Å². The normalized spacial score (nSPS) is 10.2. The van der Waals surface area contributed by atoms with Crippen molar-refractivity contribution in [3.05, 3.63) is 50.7 Å². The van der Waals surface area contributed by atoms with Gasteiger partial charge in [-0.1, -0.05) is 6.07 Å². The molecule has 1 N–H and O–H groups in total. The lowest BCUT2D eigenvalue weighted by atomic mass is 10.2. The van der Waals surface area contributed by atoms with Crippen LogP contribution in [-0.2, 0) is 6.42 Å². The summed E-state index contributed by atoms with van der Waals surface area (Å²) >= 11 is 3.10. The summed E-state index contributed by atoms with van der Waals surface area (Å²) in [7, 11) is 1.57. The van der Waals surface area contributed by atoms with Crippen molar-refractivity contribution in [2.45, 2.75) is 6.42 Å². The largest absolute Gasteiger partial charge is 0.481 e. The number of methoxy groups -OCH3 is 1. The van der Waals surface area contributed by atoms with Gasteiger partial charge in [0.2, 0.25) is 5.88 Å². The molecule has 0 aliphatic rings. The molecule has 0 radical (unpaired) electrons. The molecule has 0 bridgehead atoms. The zero-order valence-corrected chi connectivity index (χ0v) is 10.7. The maximum atomic E-state index is 11.4. The number of halogens is 1. The number of aromatic amines is 1. The molecule has 17 heavy (non-hydrogen) atoms. The Morgan fingerprint density at radius 1 is 1.35 bits per heavy atom. The van der Waals surface area contributed by atoms with Crippen LogP contribution in [0.3, 0.4) is 0 Å². The third kappa shape index (κ3) is 2.91. The molecule has 2 rings (SSSR count). The molecule has 0 amide bonds. The number of ether oxygens (including phenoxy) is 1. The molecule has 0 spiro atoms. The minimum Gasteiger partial charge on any atom is -0.481 e. The Labute approximate surface area is 106 Å². The van der Waals surface area contributed by atoms with E-state index < -0.39 is 0 Å². The van der Waals surface area contributed by atoms with Gasteiger partial charge in [-0.2, -0.15) is 0 Å². The third-order valence-electron chi connectivity index (χ3n) is 2.19. The van der Waals surface area contributed by atoms with Crippen LogP contribution in [0.1, 0.15) is 11.4 Å². The van der Waals surface area contributed by atoms with Crippen LogP contribution in [0.15, 0.2) is 33.8 Å². The average Bonchev–Trinajstić information content (AvgIpc) is 2.35. The first kappa shape index (κ1) is 11.8. The van der Waals surface area contributed by atoms with Crippen molar-refractivity contribution in [1.82, 2.24) is 15.0 Å². The summed E-state index contributed by atoms with van der Waals surface area (Å²) in [6.45, 7) is 0. The van der Waals surface area contributed by atoms with Gasteiger partial charge in [-0.3, -0.25) is 4.79 Å². The van der Waals surface area contributed by atoms with Gasteiger partial charge in [0, 0.05) is 24.9 Å². The highest BCUT2D eigenvalue weighted by atomic mass is 79.9. The molecule has 2 aromatic rings. The zero-order chi connectivity index (χ0) is 12.3. The predicted octanol–water partition coefficient (Wildman–Crippen LogP) is 1.53. The first-order valence-corrected chi connectivity index (χ1v) is 5.71. The first-order chi connectivity index (χ1) is 8.19. The second-order valence-electron chi connectivity index (χ2n) is 3.39. The Morgan fingerprint density at radius 3 is 2.76 bits per heavy atom. The minimum absolute atomic E-state index is 0.184. The maximum Gasteiger partial charge on any atom is 0.265 e. The number of hydrogen-bond acceptors (Lipinski definition) is 4. The third-order valence-corrected chi connectivity index (χ3v) is 2.75. The minimum atomic E-state index is -0.184. The van der Waals surface area contributed by atoms with Gasteiger partial charge in [0.05, 0.1) is 7.11 Å². The number of H-pyrrole nitrogens is 1. The Morgan fingerprint density at radius 2 is 2.18 bits per heavy atom. The topological polar surface area (TPSA) is 67.9 Å². The predicted molar refractivity (Wildman–Crippen MR) is 66.2 cm³/mol. The van der Waals surface area contributed by atoms with Crippen molar-refractivity contribution in [3.8, 4) is 5.88 Å². The molecule has 2 aromatic heterocycles. The maximum absolute atomic E-state index is 11.4. The molecule has 88 valence electrons. The van der Waals surface area contributed by atoms with Crippen LogP contribution in [0.5, 0.6) is 5.88 Å². The highest BCUT2D eigenvalue weighted by Gasteiger charge is 2.02. The summed E-state index contributed by atoms with van der Waals surface area (Å²) in [5.41, 5.74) is 0.771. The molecular weight excluding hydrogens is 286 g/mol. The van der Waals surface area contributed by atoms with E-state index in [1.165, 1.54) is 6.20 Å². The molecule has 5 nitrogen and oxygen atoms in total. The van der Waals surface area contributed by atoms with E-state index in [9.17, 15) is 4.79 Å². The molecule has 0 aliphatic carbocycles. The molecule has 0 aliphatic heterocycles. The molecule has 6 heteroatoms. The van der Waals surface area contributed by atoms with Gasteiger partial charge >= 0.3 is 0 Å². The summed E-state index contributed by atoms with van der Waals surface area (Å²) in [6.07, 6.45) is 3.71. The summed E-state index contributed by atoms with van der Waals surface area (Å²) in [4.78, 5) is 22.2. The van der Waals surface area contributed by atoms with Crippen molar-refractivity contribution >= 4 is 15.9 Å². The van der Waals surface area contributed by atoms with Crippen LogP contribution < -0.4 is 10.3 Å². The molecule has 0 atom stereocenters. The van der Waals surface area contributed by atoms with E-state index in [0.717, 1.165) is 5.56 Å². The number of nitrogens with zero attached hydrogens (tertiary/aromatic N) is 2. The highest BCUT2D eigenvalue weighted by Crippen LogP contribution is 2.09. The van der Waals surface area contributed by atoms with Gasteiger partial charge in [-0.15, -0.1) is 0 Å². The van der Waals surface area contributed by atoms with Gasteiger partial charge in [0.25, 0.3) is 5.56 Å². The average molecular weight is 296 g/mol. The molecule has 0 unspecified atom stereocenters. The van der Waals surface area contributed by atoms with Gasteiger partial charge in [0.15, 0.2) is 0 Å². The van der Waals surface area contributed by atoms with Crippen molar-refractivity contribution in [1.29, 1.82) is 0 Å². The fourth-order valence-corrected chi connectivity index (χ4v) is 1.54. The monoisotopic (exact) mass is 295 g/mol. The quantitative estimate of drug-likeness (QED) is 0.932. The number of aromatic nitrogens is 3. The van der Waals surface area contributed by atoms with Crippen LogP contribution in [0, 0.1) is 0 Å². The van der Waals surface area contributed by atoms with Crippen LogP contribution in [0.4, 0.5) is 0 Å². The summed E-state index contributed by atoms with van der Waals surface area (Å²) in [5, 5.41) is 0. The van der Waals surface area contributed by atoms with E-state index in [4.69, 9.17) is 4.74 Å². The highest BCUT2D eigenvalue weighted by molar-refractivity contribution is 9.10. The molecular formula is C11H10BrN3O2. The molecule has 0 saturated carbocycles. The lowest BCUT2D eigenvalue weighted by molar-refractivity contribution is 0.397. The molecule has 0 fully saturated rings. The fourth-order valence-electron chi connectivity index (χ4n) is 1.34. The second-order valence-corrected chi connectivity index (χ2v) is 4.25. The van der Waals surface area contributed by atoms with E-state index in [1.807, 2.05) is 6.07 Å². The van der Waals surface area contributed by atoms with Crippen molar-refractivity contribution in [2.75, 3.05) is 7.11 Å². The fraction of sp³-hybridized carbons (Fsp3) is 0.182. The Bertz CT molecular complexity index is 566. The van der Waals surface area contributed by atoms with Gasteiger partial charge in [-0.05, 0) is 21.5 Å². The van der Waals surface area contributed by atoms with E-state index in [1.54, 1.807) is 19.4 Å². The van der Waals surface area contributed by atoms with Crippen LogP contribution in [0.25, 0.3) is 0 Å². The van der Waals surface area contributed by atoms with Crippen molar-refractivity contribution < 1.29 is 4.74 Å². The molecule has 0 saturated heterocycles. The zero-order valence-electron chi connectivity index (χ0n) is 9.11. The van der Waals surface area contributed by atoms with Gasteiger partial charge in [-0.25, -0.2) is 9.97 Å². The standard InChI is InChI=1S/C11H10BrN3O2/c1-17-10-3-2-7(5-14-10)4-9-13-6-8(12)11(16)15-9/h2-3,5-6H,4H2,1H3,(H,13,15,16). The molecule has 2 heterocycles. The van der Waals surface area contributed by atoms with Gasteiger partial charge in [0.1, 0.15) is 10.3 Å². The van der Waals surface area contributed by atoms with Crippen LogP contribution in [-0.4, -0.2) is 22.1 Å². The van der Waals surface area contributed by atoms with E-state index in [2.05, 4.69) is 30.9 Å². The lowest BCUT2D eigenvalue weighted by Gasteiger charge is -2.02. The van der Waals surface area contributed by atoms with E-state index >= 15 is 0 Å². The Balaban J connectivity index is 2.19. The van der Waals surface area contributed by atoms with Crippen molar-refractivity contribution in [2.24, 2.45) is 0 Å². The summed E-state index contributed by atoms with van der Waals surface area (Å²) in [5.74, 6) is 1.16. The Kier molecular flexibility index (Phi) is 3.53. The van der Waals surface area contributed by atoms with Crippen molar-refractivity contribution in [3.63, 3.8) is 0 Å². The smallest absolute Gasteiger partial charge is 0.265 e. The number of rotatable bonds is 3. The number of nitrogens with one attached hydrogen (secondary N) is 1. The number of pyridine rings is 1. The first-order valence-electron chi connectivity index (χ1n) is 4.91. The summed E-state index contributed by atoms with van der Waals surface area (Å²) in [6, 6.07) is 3.65. The second kappa shape index (κ2) is 5.09.